The topological polar surface area (TPSA) is 100 Å². The van der Waals surface area contributed by atoms with Crippen LogP contribution in [0.25, 0.3) is 0 Å². The van der Waals surface area contributed by atoms with E-state index in [1.807, 2.05) is 6.07 Å². The minimum Gasteiger partial charge on any atom is -0.493 e. The molecule has 0 aromatic heterocycles. The second-order valence-electron chi connectivity index (χ2n) is 11.4. The van der Waals surface area contributed by atoms with Gasteiger partial charge in [-0.1, -0.05) is 25.5 Å². The van der Waals surface area contributed by atoms with E-state index >= 15 is 0 Å². The number of carbonyl (C=O) groups is 2. The van der Waals surface area contributed by atoms with Gasteiger partial charge >= 0.3 is 18.4 Å². The summed E-state index contributed by atoms with van der Waals surface area (Å²) >= 11 is 0. The third-order valence-corrected chi connectivity index (χ3v) is 8.34. The molecule has 5 rings (SSSR count). The summed E-state index contributed by atoms with van der Waals surface area (Å²) in [6, 6.07) is 5.44. The number of fused-ring (bicyclic) bond motifs is 1. The molecule has 3 aliphatic heterocycles. The zero-order chi connectivity index (χ0) is 32.9. The zero-order valence-corrected chi connectivity index (χ0v) is 24.5. The molecule has 1 saturated heterocycles. The van der Waals surface area contributed by atoms with Crippen molar-refractivity contribution in [2.24, 2.45) is 0 Å². The lowest BCUT2D eigenvalue weighted by molar-refractivity contribution is -0.376. The summed E-state index contributed by atoms with van der Waals surface area (Å²) in [5.74, 6) is 0.410. The fraction of sp³-hybridized carbons (Fsp3) is 0.419. The van der Waals surface area contributed by atoms with Gasteiger partial charge in [0.25, 0.3) is 11.5 Å². The highest BCUT2D eigenvalue weighted by molar-refractivity contribution is 6.07. The molecular formula is C31H31F6N3O5. The second kappa shape index (κ2) is 11.3. The number of imide groups is 1. The predicted molar refractivity (Wildman–Crippen MR) is 149 cm³/mol. The van der Waals surface area contributed by atoms with Crippen molar-refractivity contribution in [3.8, 4) is 11.5 Å². The Bertz CT molecular complexity index is 1560. The van der Waals surface area contributed by atoms with E-state index in [2.05, 4.69) is 10.6 Å². The van der Waals surface area contributed by atoms with Crippen LogP contribution in [0.3, 0.4) is 0 Å². The molecule has 0 spiro atoms. The first kappa shape index (κ1) is 32.2. The highest BCUT2D eigenvalue weighted by Crippen LogP contribution is 2.50. The van der Waals surface area contributed by atoms with Gasteiger partial charge in [0.2, 0.25) is 0 Å². The second-order valence-corrected chi connectivity index (χ2v) is 11.4. The SMILES string of the molecule is CCCc1cc(C(O)(C(F)(F)F)C(F)(F)F)ccc1OC1=CC(C(C)N2C(=O)NC(C)(c3ccc4c(c3)CCO4)C2=O)NC=C1. The van der Waals surface area contributed by atoms with E-state index in [1.165, 1.54) is 12.3 Å². The molecule has 3 N–H and O–H groups in total. The standard InChI is InChI=1S/C31H31F6N3O5/c1-4-5-18-15-21(29(43,30(32,33)34)31(35,36)37)7-9-25(18)45-22-10-12-38-23(16-22)17(2)40-26(41)28(3,39-27(40)42)20-6-8-24-19(14-20)11-13-44-24/h6-10,12,14-17,23,38,43H,4-5,11,13H2,1-3H3,(H,39,42). The number of amides is 3. The van der Waals surface area contributed by atoms with Crippen LogP contribution in [-0.2, 0) is 28.8 Å². The van der Waals surface area contributed by atoms with Gasteiger partial charge in [-0.15, -0.1) is 0 Å². The maximum Gasteiger partial charge on any atom is 0.430 e. The first-order valence-electron chi connectivity index (χ1n) is 14.2. The Labute approximate surface area is 254 Å². The van der Waals surface area contributed by atoms with E-state index in [1.54, 1.807) is 39.0 Å². The number of urea groups is 1. The summed E-state index contributed by atoms with van der Waals surface area (Å²) in [4.78, 5) is 27.9. The number of halogens is 6. The van der Waals surface area contributed by atoms with Crippen molar-refractivity contribution in [3.63, 3.8) is 0 Å². The minimum atomic E-state index is -6.02. The van der Waals surface area contributed by atoms with Gasteiger partial charge in [-0.25, -0.2) is 4.79 Å². The number of nitrogens with one attached hydrogen (secondary N) is 2. The third-order valence-electron chi connectivity index (χ3n) is 8.34. The smallest absolute Gasteiger partial charge is 0.430 e. The van der Waals surface area contributed by atoms with Crippen molar-refractivity contribution >= 4 is 11.9 Å². The third kappa shape index (κ3) is 5.49. The number of alkyl halides is 6. The average molecular weight is 640 g/mol. The fourth-order valence-corrected chi connectivity index (χ4v) is 5.74. The van der Waals surface area contributed by atoms with E-state index in [0.29, 0.717) is 37.1 Å². The van der Waals surface area contributed by atoms with Crippen LogP contribution in [0.5, 0.6) is 11.5 Å². The molecule has 3 amide bonds. The molecular weight excluding hydrogens is 608 g/mol. The first-order chi connectivity index (χ1) is 21.0. The molecule has 3 atom stereocenters. The molecule has 0 aliphatic carbocycles. The molecule has 2 aromatic rings. The highest BCUT2D eigenvalue weighted by Gasteiger charge is 2.71. The number of hydrogen-bond acceptors (Lipinski definition) is 6. The number of hydrogen-bond donors (Lipinski definition) is 3. The summed E-state index contributed by atoms with van der Waals surface area (Å²) in [7, 11) is 0. The number of rotatable bonds is 8. The van der Waals surface area contributed by atoms with Crippen LogP contribution in [0, 0.1) is 0 Å². The van der Waals surface area contributed by atoms with Crippen molar-refractivity contribution < 1.29 is 50.5 Å². The van der Waals surface area contributed by atoms with Crippen molar-refractivity contribution in [3.05, 3.63) is 82.8 Å². The number of dihydropyridines is 1. The Morgan fingerprint density at radius 3 is 2.49 bits per heavy atom. The number of aliphatic hydroxyl groups is 1. The molecule has 0 radical (unpaired) electrons. The van der Waals surface area contributed by atoms with Gasteiger partial charge in [0, 0.05) is 18.2 Å². The quantitative estimate of drug-likeness (QED) is 0.261. The van der Waals surface area contributed by atoms with Crippen LogP contribution in [0.4, 0.5) is 31.1 Å². The lowest BCUT2D eigenvalue weighted by Crippen LogP contribution is -2.53. The monoisotopic (exact) mass is 639 g/mol. The lowest BCUT2D eigenvalue weighted by Gasteiger charge is -2.33. The molecule has 3 unspecified atom stereocenters. The average Bonchev–Trinajstić information content (AvgIpc) is 3.53. The van der Waals surface area contributed by atoms with Crippen molar-refractivity contribution in [2.45, 2.75) is 75.6 Å². The number of carbonyl (C=O) groups excluding carboxylic acids is 2. The van der Waals surface area contributed by atoms with Gasteiger partial charge in [0.15, 0.2) is 0 Å². The Morgan fingerprint density at radius 2 is 1.82 bits per heavy atom. The first-order valence-corrected chi connectivity index (χ1v) is 14.2. The number of nitrogens with zero attached hydrogens (tertiary/aromatic N) is 1. The van der Waals surface area contributed by atoms with Crippen LogP contribution in [-0.4, -0.2) is 53.0 Å². The zero-order valence-electron chi connectivity index (χ0n) is 24.5. The molecule has 242 valence electrons. The summed E-state index contributed by atoms with van der Waals surface area (Å²) in [5, 5.41) is 15.7. The Morgan fingerprint density at radius 1 is 1.11 bits per heavy atom. The number of ether oxygens (including phenoxy) is 2. The Balaban J connectivity index is 1.39. The van der Waals surface area contributed by atoms with Crippen LogP contribution in [0.1, 0.15) is 49.4 Å². The Hall–Kier alpha value is -4.20. The van der Waals surface area contributed by atoms with Gasteiger partial charge in [0.05, 0.1) is 18.7 Å². The molecule has 45 heavy (non-hydrogen) atoms. The molecule has 0 bridgehead atoms. The predicted octanol–water partition coefficient (Wildman–Crippen LogP) is 5.49. The molecule has 1 fully saturated rings. The van der Waals surface area contributed by atoms with Crippen LogP contribution < -0.4 is 20.1 Å². The number of benzene rings is 2. The van der Waals surface area contributed by atoms with Gasteiger partial charge in [-0.05, 0) is 73.4 Å². The molecule has 3 heterocycles. The number of aryl methyl sites for hydroxylation is 1. The molecule has 8 nitrogen and oxygen atoms in total. The Kier molecular flexibility index (Phi) is 8.09. The van der Waals surface area contributed by atoms with E-state index in [-0.39, 0.29) is 23.5 Å². The molecule has 14 heteroatoms. The normalized spacial score (nSPS) is 22.4. The number of allylic oxidation sites excluding steroid dienone is 1. The van der Waals surface area contributed by atoms with Gasteiger partial charge in [0.1, 0.15) is 22.8 Å². The fourth-order valence-electron chi connectivity index (χ4n) is 5.74. The molecule has 0 saturated carbocycles. The minimum absolute atomic E-state index is 0.0142. The van der Waals surface area contributed by atoms with E-state index in [0.717, 1.165) is 22.3 Å². The van der Waals surface area contributed by atoms with Crippen LogP contribution in [0.2, 0.25) is 0 Å². The molecule has 2 aromatic carbocycles. The van der Waals surface area contributed by atoms with Crippen LogP contribution in [0.15, 0.2) is 60.5 Å². The molecule has 3 aliphatic rings. The summed E-state index contributed by atoms with van der Waals surface area (Å²) in [6.45, 7) is 5.48. The maximum atomic E-state index is 13.7. The highest BCUT2D eigenvalue weighted by atomic mass is 19.4. The summed E-state index contributed by atoms with van der Waals surface area (Å²) in [6.07, 6.45) is -6.42. The van der Waals surface area contributed by atoms with E-state index in [4.69, 9.17) is 9.47 Å². The summed E-state index contributed by atoms with van der Waals surface area (Å²) < 4.78 is 92.4. The van der Waals surface area contributed by atoms with Crippen LogP contribution >= 0.6 is 0 Å². The largest absolute Gasteiger partial charge is 0.493 e. The summed E-state index contributed by atoms with van der Waals surface area (Å²) in [5.41, 5.74) is -6.22. The van der Waals surface area contributed by atoms with Crippen molar-refractivity contribution in [1.29, 1.82) is 0 Å². The van der Waals surface area contributed by atoms with E-state index < -0.39 is 53.1 Å². The van der Waals surface area contributed by atoms with Crippen molar-refractivity contribution in [2.75, 3.05) is 6.61 Å². The van der Waals surface area contributed by atoms with E-state index in [9.17, 15) is 41.0 Å². The van der Waals surface area contributed by atoms with Gasteiger partial charge in [-0.2, -0.15) is 26.3 Å². The van der Waals surface area contributed by atoms with Crippen molar-refractivity contribution in [1.82, 2.24) is 15.5 Å². The van der Waals surface area contributed by atoms with Gasteiger partial charge < -0.3 is 25.2 Å². The lowest BCUT2D eigenvalue weighted by atomic mass is 9.89. The van der Waals surface area contributed by atoms with Gasteiger partial charge in [-0.3, -0.25) is 9.69 Å². The maximum absolute atomic E-state index is 13.7.